The zero-order valence-corrected chi connectivity index (χ0v) is 15.7. The van der Waals surface area contributed by atoms with Gasteiger partial charge in [-0.2, -0.15) is 0 Å². The lowest BCUT2D eigenvalue weighted by molar-refractivity contribution is -0.124. The Balaban J connectivity index is 1.97. The first kappa shape index (κ1) is 19.9. The SMILES string of the molecule is COc1cc(N)c(Cl)cc1C(=O)OCC(=O)N[C@H](C)c1cccc(Cl)c1. The van der Waals surface area contributed by atoms with Crippen molar-refractivity contribution >= 4 is 40.8 Å². The minimum absolute atomic E-state index is 0.0855. The molecule has 1 atom stereocenters. The number of nitrogen functional groups attached to an aromatic ring is 1. The van der Waals surface area contributed by atoms with Crippen LogP contribution in [0.15, 0.2) is 36.4 Å². The number of ether oxygens (including phenoxy) is 2. The first-order valence-corrected chi connectivity index (χ1v) is 8.42. The van der Waals surface area contributed by atoms with Crippen molar-refractivity contribution in [2.24, 2.45) is 0 Å². The number of halogens is 2. The second kappa shape index (κ2) is 8.78. The molecule has 0 fully saturated rings. The fourth-order valence-corrected chi connectivity index (χ4v) is 2.61. The van der Waals surface area contributed by atoms with Gasteiger partial charge in [-0.1, -0.05) is 35.3 Å². The zero-order valence-electron chi connectivity index (χ0n) is 14.2. The Morgan fingerprint density at radius 2 is 1.96 bits per heavy atom. The molecule has 0 spiro atoms. The molecule has 2 aromatic rings. The van der Waals surface area contributed by atoms with Gasteiger partial charge in [0, 0.05) is 11.1 Å². The number of anilines is 1. The number of hydrogen-bond acceptors (Lipinski definition) is 5. The van der Waals surface area contributed by atoms with Crippen LogP contribution in [0.4, 0.5) is 5.69 Å². The number of nitrogens with one attached hydrogen (secondary N) is 1. The topological polar surface area (TPSA) is 90.7 Å². The molecule has 1 amide bonds. The third kappa shape index (κ3) is 5.03. The summed E-state index contributed by atoms with van der Waals surface area (Å²) in [5.41, 5.74) is 6.86. The van der Waals surface area contributed by atoms with Crippen molar-refractivity contribution in [1.29, 1.82) is 0 Å². The molecule has 0 bridgehead atoms. The van der Waals surface area contributed by atoms with Gasteiger partial charge >= 0.3 is 5.97 Å². The van der Waals surface area contributed by atoms with Crippen LogP contribution in [0.5, 0.6) is 5.75 Å². The van der Waals surface area contributed by atoms with E-state index in [1.165, 1.54) is 19.2 Å². The third-order valence-corrected chi connectivity index (χ3v) is 4.16. The molecule has 0 saturated heterocycles. The predicted octanol–water partition coefficient (Wildman–Crippen LogP) is 3.62. The van der Waals surface area contributed by atoms with Crippen molar-refractivity contribution in [2.75, 3.05) is 19.5 Å². The minimum Gasteiger partial charge on any atom is -0.496 e. The number of esters is 1. The van der Waals surface area contributed by atoms with Crippen LogP contribution in [0.1, 0.15) is 28.9 Å². The number of benzene rings is 2. The molecule has 0 aliphatic carbocycles. The Kier molecular flexibility index (Phi) is 6.71. The molecule has 0 aromatic heterocycles. The molecule has 0 saturated carbocycles. The Bertz CT molecular complexity index is 827. The average Bonchev–Trinajstić information content (AvgIpc) is 2.61. The van der Waals surface area contributed by atoms with E-state index in [0.717, 1.165) is 5.56 Å². The highest BCUT2D eigenvalue weighted by Gasteiger charge is 2.18. The van der Waals surface area contributed by atoms with Crippen LogP contribution in [0, 0.1) is 0 Å². The van der Waals surface area contributed by atoms with Crippen molar-refractivity contribution in [3.8, 4) is 5.75 Å². The number of rotatable bonds is 6. The van der Waals surface area contributed by atoms with E-state index in [0.29, 0.717) is 5.02 Å². The monoisotopic (exact) mass is 396 g/mol. The van der Waals surface area contributed by atoms with Crippen LogP contribution in [-0.4, -0.2) is 25.6 Å². The van der Waals surface area contributed by atoms with Gasteiger partial charge in [-0.25, -0.2) is 4.79 Å². The summed E-state index contributed by atoms with van der Waals surface area (Å²) < 4.78 is 10.1. The number of carbonyl (C=O) groups is 2. The summed E-state index contributed by atoms with van der Waals surface area (Å²) in [5, 5.41) is 3.49. The van der Waals surface area contributed by atoms with E-state index in [9.17, 15) is 9.59 Å². The van der Waals surface area contributed by atoms with Crippen LogP contribution in [0.2, 0.25) is 10.0 Å². The van der Waals surface area contributed by atoms with Crippen molar-refractivity contribution in [3.63, 3.8) is 0 Å². The van der Waals surface area contributed by atoms with Crippen molar-refractivity contribution in [3.05, 3.63) is 57.6 Å². The number of hydrogen-bond donors (Lipinski definition) is 2. The summed E-state index contributed by atoms with van der Waals surface area (Å²) in [7, 11) is 1.39. The second-order valence-electron chi connectivity index (χ2n) is 5.49. The summed E-state index contributed by atoms with van der Waals surface area (Å²) in [6, 6.07) is 9.58. The van der Waals surface area contributed by atoms with Crippen LogP contribution in [0.25, 0.3) is 0 Å². The Labute approximate surface area is 161 Å². The molecule has 0 unspecified atom stereocenters. The van der Waals surface area contributed by atoms with Crippen molar-refractivity contribution in [1.82, 2.24) is 5.32 Å². The largest absolute Gasteiger partial charge is 0.496 e. The van der Waals surface area contributed by atoms with Gasteiger partial charge in [-0.05, 0) is 30.7 Å². The third-order valence-electron chi connectivity index (χ3n) is 3.60. The standard InChI is InChI=1S/C18H18Cl2N2O4/c1-10(11-4-3-5-12(19)6-11)22-17(23)9-26-18(24)13-7-14(20)15(21)8-16(13)25-2/h3-8,10H,9,21H2,1-2H3,(H,22,23)/t10-/m1/s1. The highest BCUT2D eigenvalue weighted by Crippen LogP contribution is 2.29. The molecular formula is C18H18Cl2N2O4. The normalized spacial score (nSPS) is 11.5. The Hall–Kier alpha value is -2.44. The van der Waals surface area contributed by atoms with Gasteiger partial charge in [0.15, 0.2) is 6.61 Å². The van der Waals surface area contributed by atoms with Gasteiger partial charge in [0.1, 0.15) is 11.3 Å². The van der Waals surface area contributed by atoms with Crippen molar-refractivity contribution < 1.29 is 19.1 Å². The smallest absolute Gasteiger partial charge is 0.342 e. The van der Waals surface area contributed by atoms with Gasteiger partial charge in [-0.15, -0.1) is 0 Å². The van der Waals surface area contributed by atoms with E-state index in [-0.39, 0.29) is 28.1 Å². The molecule has 26 heavy (non-hydrogen) atoms. The van der Waals surface area contributed by atoms with Gasteiger partial charge in [0.05, 0.1) is 23.9 Å². The first-order valence-electron chi connectivity index (χ1n) is 7.66. The van der Waals surface area contributed by atoms with E-state index >= 15 is 0 Å². The molecular weight excluding hydrogens is 379 g/mol. The van der Waals surface area contributed by atoms with Gasteiger partial charge in [0.2, 0.25) is 0 Å². The molecule has 0 aliphatic rings. The lowest BCUT2D eigenvalue weighted by Gasteiger charge is -2.15. The highest BCUT2D eigenvalue weighted by atomic mass is 35.5. The van der Waals surface area contributed by atoms with Gasteiger partial charge < -0.3 is 20.5 Å². The van der Waals surface area contributed by atoms with Crippen molar-refractivity contribution in [2.45, 2.75) is 13.0 Å². The van der Waals surface area contributed by atoms with E-state index in [1.807, 2.05) is 6.07 Å². The van der Waals surface area contributed by atoms with Crippen LogP contribution in [0.3, 0.4) is 0 Å². The molecule has 0 aliphatic heterocycles. The highest BCUT2D eigenvalue weighted by molar-refractivity contribution is 6.33. The molecule has 2 rings (SSSR count). The Morgan fingerprint density at radius 3 is 2.62 bits per heavy atom. The summed E-state index contributed by atoms with van der Waals surface area (Å²) in [4.78, 5) is 24.2. The zero-order chi connectivity index (χ0) is 19.3. The van der Waals surface area contributed by atoms with Crippen LogP contribution < -0.4 is 15.8 Å². The van der Waals surface area contributed by atoms with Gasteiger partial charge in [-0.3, -0.25) is 4.79 Å². The van der Waals surface area contributed by atoms with Crippen LogP contribution >= 0.6 is 23.2 Å². The molecule has 2 aromatic carbocycles. The lowest BCUT2D eigenvalue weighted by atomic mass is 10.1. The number of amides is 1. The maximum Gasteiger partial charge on any atom is 0.342 e. The fourth-order valence-electron chi connectivity index (χ4n) is 2.25. The molecule has 8 heteroatoms. The maximum absolute atomic E-state index is 12.2. The Morgan fingerprint density at radius 1 is 1.23 bits per heavy atom. The minimum atomic E-state index is -0.741. The first-order chi connectivity index (χ1) is 12.3. The second-order valence-corrected chi connectivity index (χ2v) is 6.34. The van der Waals surface area contributed by atoms with E-state index < -0.39 is 18.5 Å². The average molecular weight is 397 g/mol. The summed E-state index contributed by atoms with van der Waals surface area (Å²) in [6.45, 7) is 1.35. The number of nitrogens with two attached hydrogens (primary N) is 1. The lowest BCUT2D eigenvalue weighted by Crippen LogP contribution is -2.31. The van der Waals surface area contributed by atoms with Crippen LogP contribution in [-0.2, 0) is 9.53 Å². The quantitative estimate of drug-likeness (QED) is 0.574. The summed E-state index contributed by atoms with van der Waals surface area (Å²) in [6.07, 6.45) is 0. The summed E-state index contributed by atoms with van der Waals surface area (Å²) >= 11 is 11.9. The van der Waals surface area contributed by atoms with Gasteiger partial charge in [0.25, 0.3) is 5.91 Å². The number of carbonyl (C=O) groups excluding carboxylic acids is 2. The van der Waals surface area contributed by atoms with E-state index in [4.69, 9.17) is 38.4 Å². The van der Waals surface area contributed by atoms with E-state index in [2.05, 4.69) is 5.32 Å². The molecule has 138 valence electrons. The van der Waals surface area contributed by atoms with E-state index in [1.54, 1.807) is 25.1 Å². The fraction of sp³-hybridized carbons (Fsp3) is 0.222. The summed E-state index contributed by atoms with van der Waals surface area (Å²) in [5.74, 6) is -0.981. The molecule has 6 nitrogen and oxygen atoms in total. The molecule has 0 heterocycles. The molecule has 3 N–H and O–H groups in total. The predicted molar refractivity (Wildman–Crippen MR) is 101 cm³/mol. The number of methoxy groups -OCH3 is 1. The maximum atomic E-state index is 12.2. The molecule has 0 radical (unpaired) electrons.